The summed E-state index contributed by atoms with van der Waals surface area (Å²) in [7, 11) is 0. The van der Waals surface area contributed by atoms with Crippen LogP contribution in [0.1, 0.15) is 23.3 Å². The van der Waals surface area contributed by atoms with Gasteiger partial charge in [0.25, 0.3) is 5.91 Å². The summed E-state index contributed by atoms with van der Waals surface area (Å²) in [5, 5.41) is 11.3. The molecule has 2 amide bonds. The van der Waals surface area contributed by atoms with E-state index in [1.807, 2.05) is 0 Å². The molecule has 7 nitrogen and oxygen atoms in total. The summed E-state index contributed by atoms with van der Waals surface area (Å²) in [5.41, 5.74) is 5.24. The monoisotopic (exact) mass is 253 g/mol. The Balaban J connectivity index is 2.48. The van der Waals surface area contributed by atoms with Gasteiger partial charge in [-0.2, -0.15) is 0 Å². The largest absolute Gasteiger partial charge is 0.480 e. The predicted molar refractivity (Wildman–Crippen MR) is 62.8 cm³/mol. The number of nitrogens with two attached hydrogens (primary N) is 1. The van der Waals surface area contributed by atoms with Gasteiger partial charge in [0.05, 0.1) is 0 Å². The molecule has 0 saturated heterocycles. The summed E-state index contributed by atoms with van der Waals surface area (Å²) in [6.07, 6.45) is 2.18. The van der Waals surface area contributed by atoms with E-state index in [-0.39, 0.29) is 24.6 Å². The number of aromatic nitrogens is 1. The first-order valence-corrected chi connectivity index (χ1v) is 5.44. The van der Waals surface area contributed by atoms with E-state index in [9.17, 15) is 14.4 Å². The first-order chi connectivity index (χ1) is 8.50. The lowest BCUT2D eigenvalue weighted by molar-refractivity contribution is -0.137. The molecular weight excluding hydrogens is 238 g/mol. The minimum atomic E-state index is -1.02. The Kier molecular flexibility index (Phi) is 4.91. The van der Waals surface area contributed by atoms with E-state index in [1.54, 1.807) is 6.07 Å². The lowest BCUT2D eigenvalue weighted by atomic mass is 10.3. The zero-order valence-electron chi connectivity index (χ0n) is 9.76. The number of primary amides is 1. The highest BCUT2D eigenvalue weighted by Crippen LogP contribution is 2.02. The van der Waals surface area contributed by atoms with Crippen LogP contribution in [0, 0.1) is 0 Å². The van der Waals surface area contributed by atoms with Crippen molar-refractivity contribution in [3.63, 3.8) is 0 Å². The van der Waals surface area contributed by atoms with Gasteiger partial charge in [-0.05, 0) is 18.6 Å². The van der Waals surface area contributed by atoms with Gasteiger partial charge in [0.1, 0.15) is 12.2 Å². The van der Waals surface area contributed by atoms with Crippen LogP contribution in [0.5, 0.6) is 0 Å². The number of carboxylic acid groups (broad SMARTS) is 1. The smallest absolute Gasteiger partial charge is 0.323 e. The fourth-order valence-electron chi connectivity index (χ4n) is 1.46. The number of amides is 2. The highest BCUT2D eigenvalue weighted by molar-refractivity contribution is 5.93. The van der Waals surface area contributed by atoms with Crippen LogP contribution < -0.4 is 11.1 Å². The minimum absolute atomic E-state index is 0.205. The Hall–Kier alpha value is -2.31. The van der Waals surface area contributed by atoms with Crippen molar-refractivity contribution in [2.24, 2.45) is 5.73 Å². The molecule has 0 aromatic carbocycles. The molecule has 0 aliphatic carbocycles. The number of carboxylic acids is 1. The van der Waals surface area contributed by atoms with Gasteiger partial charge in [-0.25, -0.2) is 0 Å². The van der Waals surface area contributed by atoms with Crippen molar-refractivity contribution in [1.29, 1.82) is 0 Å². The Morgan fingerprint density at radius 1 is 1.39 bits per heavy atom. The maximum absolute atomic E-state index is 11.7. The van der Waals surface area contributed by atoms with E-state index in [0.29, 0.717) is 13.0 Å². The third-order valence-electron chi connectivity index (χ3n) is 2.25. The number of aliphatic carboxylic acids is 1. The topological polar surface area (TPSA) is 114 Å². The predicted octanol–water partition coefficient (Wildman–Crippen LogP) is -0.432. The molecule has 0 radical (unpaired) electrons. The molecule has 0 spiro atoms. The molecule has 18 heavy (non-hydrogen) atoms. The van der Waals surface area contributed by atoms with Crippen LogP contribution in [0.15, 0.2) is 18.3 Å². The van der Waals surface area contributed by atoms with Crippen LogP contribution in [-0.4, -0.2) is 34.0 Å². The fourth-order valence-corrected chi connectivity index (χ4v) is 1.46. The summed E-state index contributed by atoms with van der Waals surface area (Å²) < 4.78 is 1.34. The summed E-state index contributed by atoms with van der Waals surface area (Å²) in [6, 6.07) is 3.13. The third kappa shape index (κ3) is 4.28. The van der Waals surface area contributed by atoms with Gasteiger partial charge in [-0.15, -0.1) is 0 Å². The molecule has 0 fully saturated rings. The van der Waals surface area contributed by atoms with Crippen LogP contribution in [0.4, 0.5) is 0 Å². The zero-order valence-corrected chi connectivity index (χ0v) is 9.76. The van der Waals surface area contributed by atoms with Crippen LogP contribution in [0.2, 0.25) is 0 Å². The van der Waals surface area contributed by atoms with Gasteiger partial charge in [-0.3, -0.25) is 14.4 Å². The Morgan fingerprint density at radius 3 is 2.72 bits per heavy atom. The van der Waals surface area contributed by atoms with Crippen molar-refractivity contribution in [3.8, 4) is 0 Å². The zero-order chi connectivity index (χ0) is 13.5. The van der Waals surface area contributed by atoms with E-state index in [4.69, 9.17) is 10.8 Å². The second-order valence-corrected chi connectivity index (χ2v) is 3.74. The lowest BCUT2D eigenvalue weighted by Crippen LogP contribution is -2.28. The Labute approximate surface area is 104 Å². The average Bonchev–Trinajstić information content (AvgIpc) is 2.71. The number of hydrogen-bond donors (Lipinski definition) is 3. The number of rotatable bonds is 7. The van der Waals surface area contributed by atoms with Crippen LogP contribution >= 0.6 is 0 Å². The number of nitrogens with one attached hydrogen (secondary N) is 1. The number of carbonyl (C=O) groups excluding carboxylic acids is 2. The SMILES string of the molecule is NC(=O)CCCNC(=O)c1cccn1CC(=O)O. The van der Waals surface area contributed by atoms with Crippen molar-refractivity contribution in [2.75, 3.05) is 6.54 Å². The third-order valence-corrected chi connectivity index (χ3v) is 2.25. The van der Waals surface area contributed by atoms with E-state index >= 15 is 0 Å². The van der Waals surface area contributed by atoms with Gasteiger partial charge in [0.15, 0.2) is 0 Å². The normalized spacial score (nSPS) is 10.0. The second kappa shape index (κ2) is 6.43. The standard InChI is InChI=1S/C11H15N3O4/c12-9(15)4-1-5-13-11(18)8-3-2-6-14(8)7-10(16)17/h2-3,6H,1,4-5,7H2,(H2,12,15)(H,13,18)(H,16,17). The summed E-state index contributed by atoms with van der Waals surface area (Å²) in [5.74, 6) is -1.81. The lowest BCUT2D eigenvalue weighted by Gasteiger charge is -2.07. The molecule has 4 N–H and O–H groups in total. The maximum atomic E-state index is 11.7. The Morgan fingerprint density at radius 2 is 2.11 bits per heavy atom. The number of hydrogen-bond acceptors (Lipinski definition) is 3. The quantitative estimate of drug-likeness (QED) is 0.572. The molecule has 1 aromatic rings. The summed E-state index contributed by atoms with van der Waals surface area (Å²) in [6.45, 7) is 0.0526. The van der Waals surface area contributed by atoms with E-state index in [1.165, 1.54) is 16.8 Å². The number of nitrogens with zero attached hydrogens (tertiary/aromatic N) is 1. The molecule has 0 bridgehead atoms. The highest BCUT2D eigenvalue weighted by Gasteiger charge is 2.11. The summed E-state index contributed by atoms with van der Waals surface area (Å²) in [4.78, 5) is 32.8. The molecule has 1 heterocycles. The molecule has 0 atom stereocenters. The van der Waals surface area contributed by atoms with Crippen molar-refractivity contribution in [2.45, 2.75) is 19.4 Å². The van der Waals surface area contributed by atoms with Crippen molar-refractivity contribution < 1.29 is 19.5 Å². The van der Waals surface area contributed by atoms with Gasteiger partial charge in [-0.1, -0.05) is 0 Å². The van der Waals surface area contributed by atoms with Gasteiger partial charge >= 0.3 is 5.97 Å². The van der Waals surface area contributed by atoms with Gasteiger partial charge in [0, 0.05) is 19.2 Å². The first kappa shape index (κ1) is 13.8. The minimum Gasteiger partial charge on any atom is -0.480 e. The molecule has 1 rings (SSSR count). The highest BCUT2D eigenvalue weighted by atomic mass is 16.4. The molecular formula is C11H15N3O4. The van der Waals surface area contributed by atoms with Crippen LogP contribution in [0.25, 0.3) is 0 Å². The van der Waals surface area contributed by atoms with Crippen LogP contribution in [0.3, 0.4) is 0 Å². The van der Waals surface area contributed by atoms with Crippen molar-refractivity contribution in [3.05, 3.63) is 24.0 Å². The maximum Gasteiger partial charge on any atom is 0.323 e. The molecule has 0 aliphatic rings. The molecule has 0 saturated carbocycles. The molecule has 7 heteroatoms. The van der Waals surface area contributed by atoms with E-state index < -0.39 is 11.9 Å². The average molecular weight is 253 g/mol. The van der Waals surface area contributed by atoms with Crippen LogP contribution in [-0.2, 0) is 16.1 Å². The molecule has 0 unspecified atom stereocenters. The molecule has 0 aliphatic heterocycles. The van der Waals surface area contributed by atoms with Crippen molar-refractivity contribution >= 4 is 17.8 Å². The molecule has 98 valence electrons. The fraction of sp³-hybridized carbons (Fsp3) is 0.364. The number of carbonyl (C=O) groups is 3. The molecule has 1 aromatic heterocycles. The van der Waals surface area contributed by atoms with E-state index in [2.05, 4.69) is 5.32 Å². The van der Waals surface area contributed by atoms with E-state index in [0.717, 1.165) is 0 Å². The second-order valence-electron chi connectivity index (χ2n) is 3.74. The van der Waals surface area contributed by atoms with Crippen molar-refractivity contribution in [1.82, 2.24) is 9.88 Å². The van der Waals surface area contributed by atoms with Gasteiger partial charge in [0.2, 0.25) is 5.91 Å². The Bertz CT molecular complexity index is 453. The first-order valence-electron chi connectivity index (χ1n) is 5.44. The summed E-state index contributed by atoms with van der Waals surface area (Å²) >= 11 is 0. The van der Waals surface area contributed by atoms with Gasteiger partial charge < -0.3 is 20.7 Å².